The monoisotopic (exact) mass is 235 g/mol. The zero-order valence-corrected chi connectivity index (χ0v) is 10.7. The van der Waals surface area contributed by atoms with Crippen LogP contribution in [0.1, 0.15) is 38.9 Å². The smallest absolute Gasteiger partial charge is 0.225 e. The van der Waals surface area contributed by atoms with Crippen LogP contribution in [0.3, 0.4) is 0 Å². The molecule has 0 aromatic heterocycles. The first-order valence-electron chi connectivity index (χ1n) is 5.92. The van der Waals surface area contributed by atoms with E-state index in [0.717, 1.165) is 5.56 Å². The summed E-state index contributed by atoms with van der Waals surface area (Å²) in [5.41, 5.74) is 0.509. The van der Waals surface area contributed by atoms with Gasteiger partial charge in [-0.2, -0.15) is 0 Å². The SMILES string of the molecule is CC(C)(C)C(=O)NCCC(O)c1ccccc1. The van der Waals surface area contributed by atoms with Gasteiger partial charge >= 0.3 is 0 Å². The van der Waals surface area contributed by atoms with Crippen molar-refractivity contribution >= 4 is 5.91 Å². The van der Waals surface area contributed by atoms with Crippen LogP contribution in [0.4, 0.5) is 0 Å². The fraction of sp³-hybridized carbons (Fsp3) is 0.500. The minimum Gasteiger partial charge on any atom is -0.388 e. The Morgan fingerprint density at radius 1 is 1.29 bits per heavy atom. The molecule has 3 heteroatoms. The molecule has 0 spiro atoms. The van der Waals surface area contributed by atoms with E-state index in [1.54, 1.807) is 0 Å². The second-order valence-electron chi connectivity index (χ2n) is 5.22. The Kier molecular flexibility index (Phi) is 4.70. The van der Waals surface area contributed by atoms with Crippen molar-refractivity contribution in [2.24, 2.45) is 5.41 Å². The highest BCUT2D eigenvalue weighted by atomic mass is 16.3. The van der Waals surface area contributed by atoms with Gasteiger partial charge in [0.15, 0.2) is 0 Å². The molecule has 0 saturated carbocycles. The second kappa shape index (κ2) is 5.82. The summed E-state index contributed by atoms with van der Waals surface area (Å²) in [5, 5.41) is 12.7. The summed E-state index contributed by atoms with van der Waals surface area (Å²) in [7, 11) is 0. The van der Waals surface area contributed by atoms with E-state index < -0.39 is 6.10 Å². The van der Waals surface area contributed by atoms with Crippen LogP contribution in [-0.4, -0.2) is 17.6 Å². The number of carbonyl (C=O) groups is 1. The van der Waals surface area contributed by atoms with E-state index in [9.17, 15) is 9.90 Å². The van der Waals surface area contributed by atoms with Crippen molar-refractivity contribution in [2.45, 2.75) is 33.3 Å². The minimum atomic E-state index is -0.517. The van der Waals surface area contributed by atoms with E-state index >= 15 is 0 Å². The van der Waals surface area contributed by atoms with Gasteiger partial charge in [-0.1, -0.05) is 51.1 Å². The van der Waals surface area contributed by atoms with Crippen molar-refractivity contribution < 1.29 is 9.90 Å². The molecule has 1 amide bonds. The van der Waals surface area contributed by atoms with Gasteiger partial charge in [0.25, 0.3) is 0 Å². The Hall–Kier alpha value is -1.35. The fourth-order valence-electron chi connectivity index (χ4n) is 1.43. The topological polar surface area (TPSA) is 49.3 Å². The molecule has 1 atom stereocenters. The van der Waals surface area contributed by atoms with Crippen molar-refractivity contribution in [3.8, 4) is 0 Å². The molecule has 0 saturated heterocycles. The van der Waals surface area contributed by atoms with E-state index in [4.69, 9.17) is 0 Å². The Balaban J connectivity index is 2.35. The molecule has 0 aliphatic heterocycles. The summed E-state index contributed by atoms with van der Waals surface area (Å²) in [6.45, 7) is 6.11. The van der Waals surface area contributed by atoms with Crippen molar-refractivity contribution in [2.75, 3.05) is 6.54 Å². The number of hydrogen-bond donors (Lipinski definition) is 2. The predicted octanol–water partition coefficient (Wildman–Crippen LogP) is 2.27. The summed E-state index contributed by atoms with van der Waals surface area (Å²) in [5.74, 6) is 0.0118. The molecule has 0 aliphatic rings. The molecule has 1 aromatic rings. The van der Waals surface area contributed by atoms with Gasteiger partial charge in [-0.3, -0.25) is 4.79 Å². The average Bonchev–Trinajstić information content (AvgIpc) is 2.28. The largest absolute Gasteiger partial charge is 0.388 e. The third-order valence-electron chi connectivity index (χ3n) is 2.57. The normalized spacial score (nSPS) is 13.2. The number of hydrogen-bond acceptors (Lipinski definition) is 2. The lowest BCUT2D eigenvalue weighted by Crippen LogP contribution is -2.35. The number of aliphatic hydroxyl groups excluding tert-OH is 1. The van der Waals surface area contributed by atoms with Crippen molar-refractivity contribution in [3.63, 3.8) is 0 Å². The lowest BCUT2D eigenvalue weighted by atomic mass is 9.95. The molecular formula is C14H21NO2. The van der Waals surface area contributed by atoms with Gasteiger partial charge in [-0.15, -0.1) is 0 Å². The average molecular weight is 235 g/mol. The lowest BCUT2D eigenvalue weighted by molar-refractivity contribution is -0.128. The highest BCUT2D eigenvalue weighted by Crippen LogP contribution is 2.16. The number of nitrogens with one attached hydrogen (secondary N) is 1. The van der Waals surface area contributed by atoms with Crippen LogP contribution in [-0.2, 0) is 4.79 Å². The zero-order chi connectivity index (χ0) is 12.9. The van der Waals surface area contributed by atoms with Gasteiger partial charge in [0, 0.05) is 12.0 Å². The van der Waals surface area contributed by atoms with Gasteiger partial charge in [-0.25, -0.2) is 0 Å². The summed E-state index contributed by atoms with van der Waals surface area (Å²) >= 11 is 0. The lowest BCUT2D eigenvalue weighted by Gasteiger charge is -2.18. The quantitative estimate of drug-likeness (QED) is 0.841. The van der Waals surface area contributed by atoms with Gasteiger partial charge in [0.2, 0.25) is 5.91 Å². The Morgan fingerprint density at radius 2 is 1.88 bits per heavy atom. The zero-order valence-electron chi connectivity index (χ0n) is 10.7. The molecule has 0 heterocycles. The number of benzene rings is 1. The first kappa shape index (κ1) is 13.7. The summed E-state index contributed by atoms with van der Waals surface area (Å²) < 4.78 is 0. The van der Waals surface area contributed by atoms with Crippen LogP contribution < -0.4 is 5.32 Å². The van der Waals surface area contributed by atoms with Crippen LogP contribution in [0.5, 0.6) is 0 Å². The number of rotatable bonds is 4. The highest BCUT2D eigenvalue weighted by Gasteiger charge is 2.20. The number of amides is 1. The first-order chi connectivity index (χ1) is 7.91. The van der Waals surface area contributed by atoms with Gasteiger partial charge in [0.1, 0.15) is 0 Å². The predicted molar refractivity (Wildman–Crippen MR) is 68.5 cm³/mol. The Labute approximate surface area is 103 Å². The molecule has 0 fully saturated rings. The van der Waals surface area contributed by atoms with Crippen molar-refractivity contribution in [3.05, 3.63) is 35.9 Å². The third-order valence-corrected chi connectivity index (χ3v) is 2.57. The van der Waals surface area contributed by atoms with Gasteiger partial charge in [0.05, 0.1) is 6.10 Å². The van der Waals surface area contributed by atoms with Gasteiger partial charge in [-0.05, 0) is 12.0 Å². The van der Waals surface area contributed by atoms with Crippen LogP contribution in [0, 0.1) is 5.41 Å². The number of aliphatic hydroxyl groups is 1. The molecule has 0 bridgehead atoms. The van der Waals surface area contributed by atoms with Crippen molar-refractivity contribution in [1.82, 2.24) is 5.32 Å². The molecule has 94 valence electrons. The summed E-state index contributed by atoms with van der Waals surface area (Å²) in [4.78, 5) is 11.6. The molecule has 1 aromatic carbocycles. The molecule has 0 aliphatic carbocycles. The minimum absolute atomic E-state index is 0.0118. The Bertz CT molecular complexity index is 354. The molecule has 1 unspecified atom stereocenters. The van der Waals surface area contributed by atoms with Crippen LogP contribution >= 0.6 is 0 Å². The van der Waals surface area contributed by atoms with E-state index in [0.29, 0.717) is 13.0 Å². The van der Waals surface area contributed by atoms with E-state index in [-0.39, 0.29) is 11.3 Å². The maximum Gasteiger partial charge on any atom is 0.225 e. The Morgan fingerprint density at radius 3 is 2.41 bits per heavy atom. The summed E-state index contributed by atoms with van der Waals surface area (Å²) in [6.07, 6.45) is 0.0164. The molecule has 0 radical (unpaired) electrons. The van der Waals surface area contributed by atoms with Crippen LogP contribution in [0.15, 0.2) is 30.3 Å². The maximum absolute atomic E-state index is 11.6. The summed E-state index contributed by atoms with van der Waals surface area (Å²) in [6, 6.07) is 9.47. The molecule has 1 rings (SSSR count). The van der Waals surface area contributed by atoms with E-state index in [1.165, 1.54) is 0 Å². The number of carbonyl (C=O) groups excluding carboxylic acids is 1. The molecule has 17 heavy (non-hydrogen) atoms. The van der Waals surface area contributed by atoms with Crippen LogP contribution in [0.2, 0.25) is 0 Å². The first-order valence-corrected chi connectivity index (χ1v) is 5.92. The van der Waals surface area contributed by atoms with Gasteiger partial charge < -0.3 is 10.4 Å². The van der Waals surface area contributed by atoms with E-state index in [1.807, 2.05) is 51.1 Å². The van der Waals surface area contributed by atoms with Crippen molar-refractivity contribution in [1.29, 1.82) is 0 Å². The van der Waals surface area contributed by atoms with Crippen LogP contribution in [0.25, 0.3) is 0 Å². The molecular weight excluding hydrogens is 214 g/mol. The standard InChI is InChI=1S/C14H21NO2/c1-14(2,3)13(17)15-10-9-12(16)11-7-5-4-6-8-11/h4-8,12,16H,9-10H2,1-3H3,(H,15,17). The van der Waals surface area contributed by atoms with E-state index in [2.05, 4.69) is 5.32 Å². The molecule has 2 N–H and O–H groups in total. The fourth-order valence-corrected chi connectivity index (χ4v) is 1.43. The highest BCUT2D eigenvalue weighted by molar-refractivity contribution is 5.81. The second-order valence-corrected chi connectivity index (χ2v) is 5.22. The maximum atomic E-state index is 11.6. The third kappa shape index (κ3) is 4.57. The molecule has 3 nitrogen and oxygen atoms in total.